The van der Waals surface area contributed by atoms with E-state index in [0.29, 0.717) is 0 Å². The van der Waals surface area contributed by atoms with Crippen LogP contribution in [0.4, 0.5) is 5.88 Å². The Morgan fingerprint density at radius 3 is 2.33 bits per heavy atom. The van der Waals surface area contributed by atoms with Crippen molar-refractivity contribution >= 4 is 27.9 Å². The summed E-state index contributed by atoms with van der Waals surface area (Å²) >= 11 is 0. The normalized spacial score (nSPS) is 15.9. The van der Waals surface area contributed by atoms with Crippen molar-refractivity contribution in [2.75, 3.05) is 26.2 Å². The lowest BCUT2D eigenvalue weighted by molar-refractivity contribution is -0.402. The monoisotopic (exact) mass is 391 g/mol. The van der Waals surface area contributed by atoms with Gasteiger partial charge in [-0.1, -0.05) is 30.3 Å². The quantitative estimate of drug-likeness (QED) is 0.568. The minimum absolute atomic E-state index is 0.135. The number of piperazine rings is 1. The first-order chi connectivity index (χ1) is 12.9. The zero-order valence-corrected chi connectivity index (χ0v) is 15.0. The van der Waals surface area contributed by atoms with Gasteiger partial charge in [0.15, 0.2) is 5.76 Å². The first kappa shape index (κ1) is 18.8. The summed E-state index contributed by atoms with van der Waals surface area (Å²) in [5.74, 6) is -1.15. The van der Waals surface area contributed by atoms with Crippen LogP contribution in [-0.4, -0.2) is 54.6 Å². The van der Waals surface area contributed by atoms with Crippen molar-refractivity contribution < 1.29 is 22.6 Å². The molecule has 1 amide bonds. The van der Waals surface area contributed by atoms with Gasteiger partial charge in [0.1, 0.15) is 4.92 Å². The summed E-state index contributed by atoms with van der Waals surface area (Å²) in [5.41, 5.74) is 0.773. The zero-order chi connectivity index (χ0) is 19.4. The molecule has 142 valence electrons. The van der Waals surface area contributed by atoms with E-state index >= 15 is 0 Å². The topological polar surface area (TPSA) is 114 Å². The maximum absolute atomic E-state index is 12.4. The van der Waals surface area contributed by atoms with Gasteiger partial charge in [0.25, 0.3) is 5.91 Å². The van der Waals surface area contributed by atoms with Crippen LogP contribution in [0.5, 0.6) is 0 Å². The second-order valence-electron chi connectivity index (χ2n) is 5.84. The Labute approximate surface area is 155 Å². The van der Waals surface area contributed by atoms with E-state index in [2.05, 4.69) is 0 Å². The van der Waals surface area contributed by atoms with Crippen LogP contribution in [0, 0.1) is 10.1 Å². The Balaban J connectivity index is 1.61. The Kier molecular flexibility index (Phi) is 5.38. The SMILES string of the molecule is O=C(c1ccc([N+](=O)[O-])o1)N1CCN(S(=O)(=O)/C=C/c2ccccc2)CC1. The van der Waals surface area contributed by atoms with E-state index in [4.69, 9.17) is 4.42 Å². The van der Waals surface area contributed by atoms with E-state index in [-0.39, 0.29) is 31.9 Å². The van der Waals surface area contributed by atoms with Crippen molar-refractivity contribution in [3.05, 3.63) is 69.3 Å². The number of hydrogen-bond acceptors (Lipinski definition) is 6. The minimum atomic E-state index is -3.60. The molecule has 0 spiro atoms. The number of hydrogen-bond donors (Lipinski definition) is 0. The summed E-state index contributed by atoms with van der Waals surface area (Å²) in [6.07, 6.45) is 1.52. The molecule has 1 aliphatic rings. The van der Waals surface area contributed by atoms with Crippen molar-refractivity contribution in [2.24, 2.45) is 0 Å². The molecule has 2 aromatic rings. The number of amides is 1. The molecule has 0 atom stereocenters. The van der Waals surface area contributed by atoms with E-state index in [1.54, 1.807) is 12.1 Å². The molecule has 0 aliphatic carbocycles. The highest BCUT2D eigenvalue weighted by molar-refractivity contribution is 7.92. The molecule has 10 heteroatoms. The first-order valence-corrected chi connectivity index (χ1v) is 9.64. The molecular formula is C17H17N3O6S. The molecule has 0 N–H and O–H groups in total. The van der Waals surface area contributed by atoms with Crippen LogP contribution in [0.1, 0.15) is 16.1 Å². The van der Waals surface area contributed by atoms with Gasteiger partial charge in [-0.15, -0.1) is 0 Å². The van der Waals surface area contributed by atoms with Gasteiger partial charge >= 0.3 is 5.88 Å². The van der Waals surface area contributed by atoms with Crippen LogP contribution in [-0.2, 0) is 10.0 Å². The molecule has 2 heterocycles. The summed E-state index contributed by atoms with van der Waals surface area (Å²) in [4.78, 5) is 23.7. The summed E-state index contributed by atoms with van der Waals surface area (Å²) < 4.78 is 31.1. The zero-order valence-electron chi connectivity index (χ0n) is 14.2. The summed E-state index contributed by atoms with van der Waals surface area (Å²) in [5, 5.41) is 11.8. The molecule has 3 rings (SSSR count). The maximum Gasteiger partial charge on any atom is 0.433 e. The van der Waals surface area contributed by atoms with Gasteiger partial charge in [-0.2, -0.15) is 4.31 Å². The average Bonchev–Trinajstić information content (AvgIpc) is 3.17. The predicted molar refractivity (Wildman–Crippen MR) is 97.2 cm³/mol. The van der Waals surface area contributed by atoms with Gasteiger partial charge in [0, 0.05) is 31.6 Å². The molecule has 1 aromatic heterocycles. The lowest BCUT2D eigenvalue weighted by atomic mass is 10.2. The predicted octanol–water partition coefficient (Wildman–Crippen LogP) is 1.95. The van der Waals surface area contributed by atoms with Crippen LogP contribution >= 0.6 is 0 Å². The van der Waals surface area contributed by atoms with Gasteiger partial charge in [0.2, 0.25) is 10.0 Å². The molecule has 0 radical (unpaired) electrons. The van der Waals surface area contributed by atoms with Gasteiger partial charge in [0.05, 0.1) is 6.07 Å². The van der Waals surface area contributed by atoms with Crippen molar-refractivity contribution in [3.63, 3.8) is 0 Å². The fourth-order valence-corrected chi connectivity index (χ4v) is 3.83. The number of carbonyl (C=O) groups excluding carboxylic acids is 1. The molecule has 0 bridgehead atoms. The third-order valence-electron chi connectivity index (χ3n) is 4.10. The smallest absolute Gasteiger partial charge is 0.395 e. The molecular weight excluding hydrogens is 374 g/mol. The van der Waals surface area contributed by atoms with Crippen LogP contribution < -0.4 is 0 Å². The average molecular weight is 391 g/mol. The molecule has 1 aliphatic heterocycles. The fourth-order valence-electron chi connectivity index (χ4n) is 2.66. The molecule has 1 aromatic carbocycles. The lowest BCUT2D eigenvalue weighted by Crippen LogP contribution is -2.50. The third kappa shape index (κ3) is 4.41. The standard InChI is InChI=1S/C17H17N3O6S/c21-17(15-6-7-16(26-15)20(22)23)18-9-11-19(12-10-18)27(24,25)13-8-14-4-2-1-3-5-14/h1-8,13H,9-12H2/b13-8+. The van der Waals surface area contributed by atoms with Gasteiger partial charge in [-0.05, 0) is 17.7 Å². The number of furan rings is 1. The van der Waals surface area contributed by atoms with Gasteiger partial charge in [-0.25, -0.2) is 8.42 Å². The second-order valence-corrected chi connectivity index (χ2v) is 7.66. The molecule has 0 saturated carbocycles. The van der Waals surface area contributed by atoms with E-state index in [1.165, 1.54) is 21.3 Å². The van der Waals surface area contributed by atoms with Gasteiger partial charge < -0.3 is 9.32 Å². The highest BCUT2D eigenvalue weighted by Gasteiger charge is 2.29. The number of sulfonamides is 1. The van der Waals surface area contributed by atoms with Crippen LogP contribution in [0.25, 0.3) is 6.08 Å². The molecule has 9 nitrogen and oxygen atoms in total. The number of rotatable bonds is 5. The molecule has 1 fully saturated rings. The van der Waals surface area contributed by atoms with E-state index in [1.807, 2.05) is 18.2 Å². The third-order valence-corrected chi connectivity index (χ3v) is 5.67. The number of carbonyl (C=O) groups is 1. The number of nitrogens with zero attached hydrogens (tertiary/aromatic N) is 3. The lowest BCUT2D eigenvalue weighted by Gasteiger charge is -2.32. The number of benzene rings is 1. The van der Waals surface area contributed by atoms with Crippen molar-refractivity contribution in [1.82, 2.24) is 9.21 Å². The Hall–Kier alpha value is -2.98. The van der Waals surface area contributed by atoms with Crippen LogP contribution in [0.15, 0.2) is 52.3 Å². The maximum atomic E-state index is 12.4. The minimum Gasteiger partial charge on any atom is -0.395 e. The molecule has 27 heavy (non-hydrogen) atoms. The highest BCUT2D eigenvalue weighted by atomic mass is 32.2. The molecule has 0 unspecified atom stereocenters. The van der Waals surface area contributed by atoms with E-state index < -0.39 is 26.7 Å². The summed E-state index contributed by atoms with van der Waals surface area (Å²) in [6.45, 7) is 0.615. The van der Waals surface area contributed by atoms with Crippen molar-refractivity contribution in [3.8, 4) is 0 Å². The number of nitro groups is 1. The summed E-state index contributed by atoms with van der Waals surface area (Å²) in [7, 11) is -3.60. The fraction of sp³-hybridized carbons (Fsp3) is 0.235. The van der Waals surface area contributed by atoms with Crippen LogP contribution in [0.3, 0.4) is 0 Å². The highest BCUT2D eigenvalue weighted by Crippen LogP contribution is 2.19. The molecule has 1 saturated heterocycles. The second kappa shape index (κ2) is 7.72. The van der Waals surface area contributed by atoms with E-state index in [9.17, 15) is 23.3 Å². The van der Waals surface area contributed by atoms with Crippen molar-refractivity contribution in [1.29, 1.82) is 0 Å². The van der Waals surface area contributed by atoms with Crippen LogP contribution in [0.2, 0.25) is 0 Å². The van der Waals surface area contributed by atoms with E-state index in [0.717, 1.165) is 17.0 Å². The summed E-state index contributed by atoms with van der Waals surface area (Å²) in [6, 6.07) is 11.4. The Bertz CT molecular complexity index is 960. The Morgan fingerprint density at radius 2 is 1.74 bits per heavy atom. The first-order valence-electron chi connectivity index (χ1n) is 8.13. The Morgan fingerprint density at radius 1 is 1.07 bits per heavy atom. The largest absolute Gasteiger partial charge is 0.433 e. The van der Waals surface area contributed by atoms with Gasteiger partial charge in [-0.3, -0.25) is 14.9 Å². The van der Waals surface area contributed by atoms with Crippen molar-refractivity contribution in [2.45, 2.75) is 0 Å².